The Bertz CT molecular complexity index is 1270. The summed E-state index contributed by atoms with van der Waals surface area (Å²) in [4.78, 5) is 21.7. The minimum atomic E-state index is -4.54. The molecule has 0 radical (unpaired) electrons. The molecule has 5 nitrogen and oxygen atoms in total. The summed E-state index contributed by atoms with van der Waals surface area (Å²) in [6.07, 6.45) is -1.42. The third-order valence-electron chi connectivity index (χ3n) is 4.12. The van der Waals surface area contributed by atoms with Crippen molar-refractivity contribution in [2.75, 3.05) is 5.75 Å². The van der Waals surface area contributed by atoms with Gasteiger partial charge in [-0.15, -0.1) is 11.8 Å². The highest BCUT2D eigenvalue weighted by atomic mass is 79.9. The lowest BCUT2D eigenvalue weighted by Gasteiger charge is -2.09. The SMILES string of the molecule is CCSc1c(-n2cnc3ccc(C(F)(F)F)cc3c2=O)nc2ccc(Br)cn12. The van der Waals surface area contributed by atoms with Gasteiger partial charge in [-0.2, -0.15) is 13.2 Å². The second kappa shape index (κ2) is 6.93. The van der Waals surface area contributed by atoms with E-state index in [-0.39, 0.29) is 10.9 Å². The van der Waals surface area contributed by atoms with Gasteiger partial charge in [-0.05, 0) is 52.0 Å². The van der Waals surface area contributed by atoms with Gasteiger partial charge >= 0.3 is 6.18 Å². The van der Waals surface area contributed by atoms with Crippen LogP contribution in [0.5, 0.6) is 0 Å². The van der Waals surface area contributed by atoms with Gasteiger partial charge in [-0.3, -0.25) is 9.20 Å². The maximum Gasteiger partial charge on any atom is 0.416 e. The van der Waals surface area contributed by atoms with Crippen molar-refractivity contribution in [3.05, 3.63) is 63.2 Å². The Kier molecular flexibility index (Phi) is 4.70. The van der Waals surface area contributed by atoms with Crippen LogP contribution in [0.2, 0.25) is 0 Å². The fraction of sp³-hybridized carbons (Fsp3) is 0.167. The summed E-state index contributed by atoms with van der Waals surface area (Å²) in [5.74, 6) is 1.06. The summed E-state index contributed by atoms with van der Waals surface area (Å²) in [5.41, 5.74) is -0.675. The van der Waals surface area contributed by atoms with E-state index < -0.39 is 17.3 Å². The molecule has 0 bridgehead atoms. The van der Waals surface area contributed by atoms with Gasteiger partial charge in [0.05, 0.1) is 16.5 Å². The summed E-state index contributed by atoms with van der Waals surface area (Å²) in [7, 11) is 0. The molecule has 0 aliphatic rings. The van der Waals surface area contributed by atoms with E-state index >= 15 is 0 Å². The van der Waals surface area contributed by atoms with E-state index in [1.54, 1.807) is 6.07 Å². The second-order valence-electron chi connectivity index (χ2n) is 5.90. The summed E-state index contributed by atoms with van der Waals surface area (Å²) in [6, 6.07) is 6.56. The molecule has 4 rings (SSSR count). The number of alkyl halides is 3. The third-order valence-corrected chi connectivity index (χ3v) is 5.53. The average Bonchev–Trinajstić information content (AvgIpc) is 2.99. The molecule has 144 valence electrons. The first-order chi connectivity index (χ1) is 13.3. The van der Waals surface area contributed by atoms with Crippen molar-refractivity contribution < 1.29 is 13.2 Å². The van der Waals surface area contributed by atoms with Crippen molar-refractivity contribution in [2.24, 2.45) is 0 Å². The Hall–Kier alpha value is -2.33. The quantitative estimate of drug-likeness (QED) is 0.400. The van der Waals surface area contributed by atoms with Crippen molar-refractivity contribution in [1.29, 1.82) is 0 Å². The topological polar surface area (TPSA) is 52.2 Å². The minimum Gasteiger partial charge on any atom is -0.292 e. The van der Waals surface area contributed by atoms with Gasteiger partial charge in [0.1, 0.15) is 17.0 Å². The lowest BCUT2D eigenvalue weighted by atomic mass is 10.1. The number of thioether (sulfide) groups is 1. The first-order valence-corrected chi connectivity index (χ1v) is 9.97. The average molecular weight is 469 g/mol. The van der Waals surface area contributed by atoms with Crippen molar-refractivity contribution in [2.45, 2.75) is 18.1 Å². The lowest BCUT2D eigenvalue weighted by Crippen LogP contribution is -2.20. The first kappa shape index (κ1) is 19.0. The van der Waals surface area contributed by atoms with E-state index in [9.17, 15) is 18.0 Å². The predicted octanol–water partition coefficient (Wildman–Crippen LogP) is 4.93. The number of rotatable bonds is 3. The molecule has 3 aromatic heterocycles. The van der Waals surface area contributed by atoms with Crippen LogP contribution in [0.1, 0.15) is 12.5 Å². The van der Waals surface area contributed by atoms with Gasteiger partial charge in [0.25, 0.3) is 5.56 Å². The van der Waals surface area contributed by atoms with Crippen molar-refractivity contribution in [3.8, 4) is 5.82 Å². The Morgan fingerprint density at radius 1 is 1.21 bits per heavy atom. The lowest BCUT2D eigenvalue weighted by molar-refractivity contribution is -0.137. The van der Waals surface area contributed by atoms with E-state index in [0.717, 1.165) is 22.4 Å². The van der Waals surface area contributed by atoms with Crippen LogP contribution in [0, 0.1) is 0 Å². The van der Waals surface area contributed by atoms with Crippen LogP contribution >= 0.6 is 27.7 Å². The van der Waals surface area contributed by atoms with Gasteiger partial charge in [-0.25, -0.2) is 14.5 Å². The van der Waals surface area contributed by atoms with Crippen molar-refractivity contribution in [3.63, 3.8) is 0 Å². The Balaban J connectivity index is 2.00. The highest BCUT2D eigenvalue weighted by Gasteiger charge is 2.31. The largest absolute Gasteiger partial charge is 0.416 e. The molecular formula is C18H12BrF3N4OS. The monoisotopic (exact) mass is 468 g/mol. The highest BCUT2D eigenvalue weighted by molar-refractivity contribution is 9.10. The highest BCUT2D eigenvalue weighted by Crippen LogP contribution is 2.31. The van der Waals surface area contributed by atoms with E-state index in [1.165, 1.54) is 28.7 Å². The summed E-state index contributed by atoms with van der Waals surface area (Å²) in [5, 5.41) is 0.594. The van der Waals surface area contributed by atoms with E-state index in [0.29, 0.717) is 16.5 Å². The van der Waals surface area contributed by atoms with Gasteiger partial charge in [0, 0.05) is 10.7 Å². The van der Waals surface area contributed by atoms with Gasteiger partial charge in [0.15, 0.2) is 5.82 Å². The molecule has 0 spiro atoms. The number of fused-ring (bicyclic) bond motifs is 2. The smallest absolute Gasteiger partial charge is 0.292 e. The molecular weight excluding hydrogens is 457 g/mol. The number of nitrogens with zero attached hydrogens (tertiary/aromatic N) is 4. The Labute approximate surface area is 169 Å². The van der Waals surface area contributed by atoms with Crippen LogP contribution in [0.25, 0.3) is 22.4 Å². The third kappa shape index (κ3) is 3.20. The predicted molar refractivity (Wildman–Crippen MR) is 105 cm³/mol. The van der Waals surface area contributed by atoms with Crippen LogP contribution < -0.4 is 5.56 Å². The summed E-state index contributed by atoms with van der Waals surface area (Å²) in [6.45, 7) is 1.96. The molecule has 0 saturated heterocycles. The molecule has 1 aromatic carbocycles. The molecule has 0 atom stereocenters. The van der Waals surface area contributed by atoms with Gasteiger partial charge in [0.2, 0.25) is 0 Å². The van der Waals surface area contributed by atoms with Crippen LogP contribution in [-0.2, 0) is 6.18 Å². The number of benzene rings is 1. The normalized spacial score (nSPS) is 12.2. The molecule has 10 heteroatoms. The standard InChI is InChI=1S/C18H12BrF3N4OS/c1-2-28-17-15(24-14-6-4-11(19)8-25(14)17)26-9-23-13-5-3-10(18(20,21)22)7-12(13)16(26)27/h3-9H,2H2,1H3. The zero-order valence-corrected chi connectivity index (χ0v) is 16.8. The zero-order chi connectivity index (χ0) is 20.1. The van der Waals surface area contributed by atoms with Gasteiger partial charge < -0.3 is 0 Å². The van der Waals surface area contributed by atoms with Crippen LogP contribution in [0.3, 0.4) is 0 Å². The van der Waals surface area contributed by atoms with Crippen molar-refractivity contribution >= 4 is 44.2 Å². The van der Waals surface area contributed by atoms with Crippen LogP contribution in [0.4, 0.5) is 13.2 Å². The molecule has 0 N–H and O–H groups in total. The fourth-order valence-electron chi connectivity index (χ4n) is 2.86. The van der Waals surface area contributed by atoms with Crippen LogP contribution in [0.15, 0.2) is 57.1 Å². The summed E-state index contributed by atoms with van der Waals surface area (Å²) < 4.78 is 43.0. The van der Waals surface area contributed by atoms with E-state index in [4.69, 9.17) is 0 Å². The molecule has 3 heterocycles. The zero-order valence-electron chi connectivity index (χ0n) is 14.4. The molecule has 0 fully saturated rings. The van der Waals surface area contributed by atoms with E-state index in [1.807, 2.05) is 23.6 Å². The van der Waals surface area contributed by atoms with Crippen LogP contribution in [-0.4, -0.2) is 24.7 Å². The number of pyridine rings is 1. The van der Waals surface area contributed by atoms with Gasteiger partial charge in [-0.1, -0.05) is 6.92 Å². The fourth-order valence-corrected chi connectivity index (χ4v) is 4.03. The Morgan fingerprint density at radius 2 is 2.00 bits per heavy atom. The number of halogens is 4. The maximum absolute atomic E-state index is 13.1. The number of hydrogen-bond acceptors (Lipinski definition) is 4. The molecule has 0 aliphatic heterocycles. The van der Waals surface area contributed by atoms with E-state index in [2.05, 4.69) is 25.9 Å². The molecule has 0 unspecified atom stereocenters. The second-order valence-corrected chi connectivity index (χ2v) is 8.07. The number of hydrogen-bond donors (Lipinski definition) is 0. The minimum absolute atomic E-state index is 0.108. The number of imidazole rings is 1. The first-order valence-electron chi connectivity index (χ1n) is 8.19. The Morgan fingerprint density at radius 3 is 2.71 bits per heavy atom. The van der Waals surface area contributed by atoms with Crippen molar-refractivity contribution in [1.82, 2.24) is 18.9 Å². The molecule has 0 saturated carbocycles. The summed E-state index contributed by atoms with van der Waals surface area (Å²) >= 11 is 4.89. The molecule has 28 heavy (non-hydrogen) atoms. The molecule has 4 aromatic rings. The number of aromatic nitrogens is 4. The molecule has 0 amide bonds. The maximum atomic E-state index is 13.1. The molecule has 0 aliphatic carbocycles.